The zero-order valence-electron chi connectivity index (χ0n) is 40.8. The molecule has 76 heavy (non-hydrogen) atoms. The van der Waals surface area contributed by atoms with E-state index < -0.39 is 29.0 Å². The summed E-state index contributed by atoms with van der Waals surface area (Å²) in [7, 11) is 0. The van der Waals surface area contributed by atoms with Gasteiger partial charge in [-0.25, -0.2) is 14.5 Å². The molecule has 8 N–H and O–H groups in total. The van der Waals surface area contributed by atoms with Crippen LogP contribution in [0.4, 0.5) is 0 Å². The molecule has 6 aromatic carbocycles. The Kier molecular flexibility index (Phi) is 18.2. The number of benzene rings is 6. The molecule has 398 valence electrons. The van der Waals surface area contributed by atoms with E-state index in [1.165, 1.54) is 62.4 Å². The van der Waals surface area contributed by atoms with Crippen molar-refractivity contribution in [1.29, 1.82) is 0 Å². The molecule has 1 fully saturated rings. The third kappa shape index (κ3) is 11.5. The maximum Gasteiger partial charge on any atom is 0.340 e. The molecule has 1 saturated heterocycles. The number of carbonyl (C=O) groups is 6. The zero-order chi connectivity index (χ0) is 54.0. The Bertz CT molecular complexity index is 2860. The second-order valence-corrected chi connectivity index (χ2v) is 17.4. The highest BCUT2D eigenvalue weighted by atomic mass is 16.6. The van der Waals surface area contributed by atoms with E-state index >= 15 is 0 Å². The number of hydrogen-bond acceptors (Lipinski definition) is 17. The van der Waals surface area contributed by atoms with Crippen LogP contribution in [0.5, 0.6) is 46.0 Å². The fourth-order valence-electron chi connectivity index (χ4n) is 8.96. The van der Waals surface area contributed by atoms with E-state index in [9.17, 15) is 49.2 Å². The zero-order valence-corrected chi connectivity index (χ0v) is 40.8. The van der Waals surface area contributed by atoms with Crippen molar-refractivity contribution in [2.45, 2.75) is 71.0 Å². The molecule has 0 radical (unpaired) electrons. The number of phenols is 4. The smallest absolute Gasteiger partial charge is 0.340 e. The standard InChI is InChI=1S/2C20H12O5.C6H7NO3.C6H13NO2.C4H10O2.CH4/c2*21-11-5-7-15-17(9-11)24-18-10-12(22)6-8-16(18)20(15)14-4-2-1-3-13(14)19(23)25-20;1-4(8)7-5(9)2-3-6(7)10;1-6(9)7-4-2-3-5-8;5-3-1-2-4-6;/h2*1-10,21-22H;2-3H2,1H3;8H,2-5H2,1H3,(H,7,9);5-6H,1-4H2;1H4. The van der Waals surface area contributed by atoms with Crippen molar-refractivity contribution >= 4 is 35.6 Å². The Morgan fingerprint density at radius 3 is 1.13 bits per heavy atom. The third-order valence-electron chi connectivity index (χ3n) is 12.3. The van der Waals surface area contributed by atoms with Crippen LogP contribution in [-0.4, -0.2) is 103 Å². The van der Waals surface area contributed by atoms with Crippen molar-refractivity contribution in [3.05, 3.63) is 166 Å². The number of aromatic hydroxyl groups is 4. The van der Waals surface area contributed by atoms with Gasteiger partial charge in [-0.1, -0.05) is 43.8 Å². The number of amides is 4. The normalized spacial score (nSPS) is 14.6. The van der Waals surface area contributed by atoms with Crippen molar-refractivity contribution < 1.29 is 83.5 Å². The summed E-state index contributed by atoms with van der Waals surface area (Å²) in [4.78, 5) is 68.0. The van der Waals surface area contributed by atoms with Gasteiger partial charge in [-0.2, -0.15) is 0 Å². The van der Waals surface area contributed by atoms with Crippen LogP contribution >= 0.6 is 0 Å². The van der Waals surface area contributed by atoms with Gasteiger partial charge < -0.3 is 60.0 Å². The van der Waals surface area contributed by atoms with Crippen molar-refractivity contribution in [2.24, 2.45) is 0 Å². The number of aliphatic hydroxyl groups excluding tert-OH is 3. The van der Waals surface area contributed by atoms with E-state index in [-0.39, 0.29) is 80.8 Å². The molecule has 5 aliphatic rings. The van der Waals surface area contributed by atoms with Crippen LogP contribution in [0.25, 0.3) is 0 Å². The number of carbonyl (C=O) groups excluding carboxylic acids is 6. The van der Waals surface area contributed by atoms with Crippen molar-refractivity contribution in [3.8, 4) is 46.0 Å². The molecule has 0 aromatic heterocycles. The number of rotatable bonds is 7. The lowest BCUT2D eigenvalue weighted by Gasteiger charge is -2.36. The number of aliphatic hydroxyl groups is 3. The lowest BCUT2D eigenvalue weighted by Crippen LogP contribution is -2.33. The highest BCUT2D eigenvalue weighted by Gasteiger charge is 2.55. The molecule has 5 aliphatic heterocycles. The van der Waals surface area contributed by atoms with Crippen LogP contribution in [0.1, 0.15) is 114 Å². The highest BCUT2D eigenvalue weighted by molar-refractivity contribution is 6.14. The fraction of sp³-hybridized carbons (Fsp3) is 0.263. The number of imide groups is 3. The minimum Gasteiger partial charge on any atom is -0.508 e. The number of phenolic OH excluding ortho intramolecular Hbond substituents is 4. The van der Waals surface area contributed by atoms with Crippen LogP contribution in [0.15, 0.2) is 121 Å². The van der Waals surface area contributed by atoms with E-state index in [0.29, 0.717) is 79.0 Å². The summed E-state index contributed by atoms with van der Waals surface area (Å²) in [5, 5.41) is 66.5. The van der Waals surface area contributed by atoms with E-state index in [1.54, 1.807) is 48.5 Å². The van der Waals surface area contributed by atoms with Gasteiger partial charge in [-0.3, -0.25) is 19.2 Å². The predicted octanol–water partition coefficient (Wildman–Crippen LogP) is 7.30. The summed E-state index contributed by atoms with van der Waals surface area (Å²) in [6.45, 7) is 3.97. The van der Waals surface area contributed by atoms with E-state index in [0.717, 1.165) is 25.7 Å². The van der Waals surface area contributed by atoms with Crippen molar-refractivity contribution in [2.75, 3.05) is 26.4 Å². The second-order valence-electron chi connectivity index (χ2n) is 17.4. The van der Waals surface area contributed by atoms with Gasteiger partial charge in [0, 0.05) is 111 Å². The van der Waals surface area contributed by atoms with Gasteiger partial charge in [0.1, 0.15) is 46.0 Å². The topological polar surface area (TPSA) is 296 Å². The average Bonchev–Trinajstić information content (AvgIpc) is 4.01. The summed E-state index contributed by atoms with van der Waals surface area (Å²) in [6, 6.07) is 33.2. The van der Waals surface area contributed by atoms with Gasteiger partial charge in [0.2, 0.25) is 23.6 Å². The van der Waals surface area contributed by atoms with Crippen molar-refractivity contribution in [3.63, 3.8) is 0 Å². The Hall–Kier alpha value is -8.78. The van der Waals surface area contributed by atoms with E-state index in [1.807, 2.05) is 24.3 Å². The van der Waals surface area contributed by atoms with Crippen LogP contribution in [0.2, 0.25) is 0 Å². The molecule has 0 unspecified atom stereocenters. The Balaban J connectivity index is 0.000000171. The Morgan fingerprint density at radius 2 is 0.829 bits per heavy atom. The maximum atomic E-state index is 12.5. The molecule has 19 heteroatoms. The lowest BCUT2D eigenvalue weighted by atomic mass is 9.77. The molecule has 4 amide bonds. The summed E-state index contributed by atoms with van der Waals surface area (Å²) in [5.74, 6) is -0.424. The second kappa shape index (κ2) is 24.5. The largest absolute Gasteiger partial charge is 0.508 e. The fourth-order valence-corrected chi connectivity index (χ4v) is 8.96. The van der Waals surface area contributed by atoms with Crippen LogP contribution in [0, 0.1) is 0 Å². The lowest BCUT2D eigenvalue weighted by molar-refractivity contribution is -0.148. The molecule has 0 aliphatic carbocycles. The molecular weight excluding hydrogens is 985 g/mol. The Labute approximate surface area is 437 Å². The first-order chi connectivity index (χ1) is 36.0. The molecule has 19 nitrogen and oxygen atoms in total. The van der Waals surface area contributed by atoms with E-state index in [4.69, 9.17) is 34.3 Å². The summed E-state index contributed by atoms with van der Waals surface area (Å²) in [5.41, 5.74) is 2.57. The minimum atomic E-state index is -1.17. The summed E-state index contributed by atoms with van der Waals surface area (Å²) >= 11 is 0. The first-order valence-electron chi connectivity index (χ1n) is 23.8. The first kappa shape index (κ1) is 56.5. The average molecular weight is 1040 g/mol. The number of hydrogen-bond donors (Lipinski definition) is 8. The van der Waals surface area contributed by atoms with Crippen molar-refractivity contribution in [1.82, 2.24) is 10.2 Å². The maximum absolute atomic E-state index is 12.5. The number of fused-ring (bicyclic) bond motifs is 12. The first-order valence-corrected chi connectivity index (χ1v) is 23.8. The molecule has 0 atom stereocenters. The molecule has 0 saturated carbocycles. The van der Waals surface area contributed by atoms with Crippen LogP contribution < -0.4 is 14.8 Å². The summed E-state index contributed by atoms with van der Waals surface area (Å²) in [6.07, 6.45) is 3.42. The van der Waals surface area contributed by atoms with E-state index in [2.05, 4.69) is 5.32 Å². The number of ether oxygens (including phenoxy) is 4. The number of nitrogens with zero attached hydrogens (tertiary/aromatic N) is 1. The molecule has 5 heterocycles. The van der Waals surface area contributed by atoms with Gasteiger partial charge in [-0.15, -0.1) is 0 Å². The number of unbranched alkanes of at least 4 members (excludes halogenated alkanes) is 2. The van der Waals surface area contributed by atoms with Gasteiger partial charge >= 0.3 is 11.9 Å². The molecule has 11 rings (SSSR count). The number of esters is 2. The molecule has 2 spiro atoms. The summed E-state index contributed by atoms with van der Waals surface area (Å²) < 4.78 is 23.6. The van der Waals surface area contributed by atoms with Crippen LogP contribution in [-0.2, 0) is 39.9 Å². The highest BCUT2D eigenvalue weighted by Crippen LogP contribution is 2.58. The molecule has 6 aromatic rings. The SMILES string of the molecule is C.CC(=O)N1C(=O)CCC1=O.CC(=O)NCCCCO.O=C1OC2(c3ccc(O)cc3Oc3cc(O)ccc32)c2ccccc21.O=C1OC2(c3ccc(O)cc3Oc3cc(O)ccc32)c2ccccc21.OCCCCO. The van der Waals surface area contributed by atoms with Gasteiger partial charge in [0.25, 0.3) is 0 Å². The quantitative estimate of drug-likeness (QED) is 0.0442. The number of nitrogens with one attached hydrogen (secondary N) is 1. The number of likely N-dealkylation sites (tertiary alicyclic amines) is 1. The molecule has 0 bridgehead atoms. The van der Waals surface area contributed by atoms with Gasteiger partial charge in [0.15, 0.2) is 11.2 Å². The predicted molar refractivity (Wildman–Crippen MR) is 273 cm³/mol. The molecular formula is C57H58N2O17. The third-order valence-corrected chi connectivity index (χ3v) is 12.3. The van der Waals surface area contributed by atoms with Crippen LogP contribution in [0.3, 0.4) is 0 Å². The monoisotopic (exact) mass is 1040 g/mol. The minimum absolute atomic E-state index is 0. The van der Waals surface area contributed by atoms with Gasteiger partial charge in [0.05, 0.1) is 11.1 Å². The van der Waals surface area contributed by atoms with Gasteiger partial charge in [-0.05, 0) is 86.3 Å². The Morgan fingerprint density at radius 1 is 0.500 bits per heavy atom.